The van der Waals surface area contributed by atoms with Gasteiger partial charge >= 0.3 is 0 Å². The summed E-state index contributed by atoms with van der Waals surface area (Å²) in [5, 5.41) is 17.9. The minimum absolute atomic E-state index is 0.0564. The van der Waals surface area contributed by atoms with E-state index in [9.17, 15) is 9.90 Å². The van der Waals surface area contributed by atoms with Gasteiger partial charge in [0, 0.05) is 28.3 Å². The van der Waals surface area contributed by atoms with E-state index in [4.69, 9.17) is 23.8 Å². The van der Waals surface area contributed by atoms with E-state index in [0.717, 1.165) is 28.3 Å². The monoisotopic (exact) mass is 531 g/mol. The summed E-state index contributed by atoms with van der Waals surface area (Å²) in [4.78, 5) is 19.6. The normalized spacial score (nSPS) is 17.1. The van der Waals surface area contributed by atoms with Gasteiger partial charge in [0.15, 0.2) is 5.11 Å². The summed E-state index contributed by atoms with van der Waals surface area (Å²) >= 11 is 12.0. The molecule has 0 spiro atoms. The minimum atomic E-state index is -0.315. The summed E-state index contributed by atoms with van der Waals surface area (Å²) in [7, 11) is 0. The van der Waals surface area contributed by atoms with Gasteiger partial charge in [-0.15, -0.1) is 0 Å². The zero-order valence-electron chi connectivity index (χ0n) is 20.4. The third-order valence-electron chi connectivity index (χ3n) is 6.54. The highest BCUT2D eigenvalue weighted by atomic mass is 35.5. The van der Waals surface area contributed by atoms with Crippen LogP contribution in [0.25, 0.3) is 5.69 Å². The molecule has 4 aromatic rings. The van der Waals surface area contributed by atoms with Crippen LogP contribution in [-0.4, -0.2) is 37.1 Å². The number of hydrogen-bond acceptors (Lipinski definition) is 4. The first-order valence-corrected chi connectivity index (χ1v) is 12.6. The number of nitrogens with one attached hydrogen (secondary N) is 2. The molecule has 1 aliphatic heterocycles. The van der Waals surface area contributed by atoms with Crippen LogP contribution in [0.5, 0.6) is 5.75 Å². The van der Waals surface area contributed by atoms with E-state index in [1.165, 1.54) is 0 Å². The maximum atomic E-state index is 13.1. The Labute approximate surface area is 225 Å². The van der Waals surface area contributed by atoms with Crippen molar-refractivity contribution in [2.75, 3.05) is 11.9 Å². The van der Waals surface area contributed by atoms with E-state index < -0.39 is 0 Å². The zero-order valence-corrected chi connectivity index (χ0v) is 21.9. The summed E-state index contributed by atoms with van der Waals surface area (Å²) in [6, 6.07) is 21.5. The second-order valence-electron chi connectivity index (χ2n) is 8.96. The number of aryl methyl sites for hydroxylation is 1. The van der Waals surface area contributed by atoms with E-state index in [1.54, 1.807) is 24.4 Å². The number of halogens is 1. The van der Waals surface area contributed by atoms with Gasteiger partial charge in [-0.05, 0) is 80.2 Å². The van der Waals surface area contributed by atoms with Crippen LogP contribution in [0.3, 0.4) is 0 Å². The number of phenolic OH excluding ortho intramolecular Hbond substituents is 1. The van der Waals surface area contributed by atoms with E-state index in [1.807, 2.05) is 71.8 Å². The lowest BCUT2D eigenvalue weighted by Crippen LogP contribution is -2.37. The van der Waals surface area contributed by atoms with Crippen LogP contribution in [0, 0.1) is 13.8 Å². The van der Waals surface area contributed by atoms with Gasteiger partial charge in [0.1, 0.15) is 12.3 Å². The molecule has 2 aromatic carbocycles. The number of anilines is 1. The molecule has 1 saturated heterocycles. The number of nitrogens with zero attached hydrogens (tertiary/aromatic N) is 3. The third-order valence-corrected chi connectivity index (χ3v) is 7.12. The van der Waals surface area contributed by atoms with E-state index >= 15 is 0 Å². The van der Waals surface area contributed by atoms with Crippen molar-refractivity contribution in [3.63, 3.8) is 0 Å². The predicted molar refractivity (Wildman–Crippen MR) is 149 cm³/mol. The molecule has 0 radical (unpaired) electrons. The van der Waals surface area contributed by atoms with Crippen LogP contribution in [0.15, 0.2) is 79.0 Å². The van der Waals surface area contributed by atoms with Gasteiger partial charge < -0.3 is 25.2 Å². The maximum absolute atomic E-state index is 13.1. The van der Waals surface area contributed by atoms with Gasteiger partial charge in [-0.3, -0.25) is 9.78 Å². The molecule has 1 fully saturated rings. The second kappa shape index (κ2) is 10.2. The number of carbonyl (C=O) groups excluding carboxylic acids is 1. The highest BCUT2D eigenvalue weighted by Crippen LogP contribution is 2.42. The molecule has 188 valence electrons. The molecule has 2 atom stereocenters. The Balaban J connectivity index is 1.56. The quantitative estimate of drug-likeness (QED) is 0.287. The summed E-state index contributed by atoms with van der Waals surface area (Å²) < 4.78 is 1.97. The first-order valence-electron chi connectivity index (χ1n) is 11.8. The Morgan fingerprint density at radius 2 is 1.86 bits per heavy atom. The number of aromatic nitrogens is 2. The lowest BCUT2D eigenvalue weighted by Gasteiger charge is -2.27. The molecule has 0 bridgehead atoms. The Morgan fingerprint density at radius 3 is 2.59 bits per heavy atom. The maximum Gasteiger partial charge on any atom is 0.244 e. The topological polar surface area (TPSA) is 82.4 Å². The first-order chi connectivity index (χ1) is 17.8. The van der Waals surface area contributed by atoms with Crippen molar-refractivity contribution in [2.24, 2.45) is 0 Å². The lowest BCUT2D eigenvalue weighted by molar-refractivity contribution is -0.116. The van der Waals surface area contributed by atoms with Crippen molar-refractivity contribution >= 4 is 40.5 Å². The standard InChI is InChI=1S/C28H26ClN5O2S/c1-17-14-21(18(2)34(17)23-15-19(29)11-12-24(23)35)27-26(22-10-6-7-13-30-22)32-28(37)33(27)16-25(36)31-20-8-4-3-5-9-20/h3-15,26-27,35H,16H2,1-2H3,(H,31,36)(H,32,37)/t26-,27+/m0/s1. The van der Waals surface area contributed by atoms with Crippen LogP contribution in [0.2, 0.25) is 5.02 Å². The SMILES string of the molecule is Cc1cc([C@@H]2[C@H](c3ccccn3)NC(=S)N2CC(=O)Nc2ccccc2)c(C)n1-c1cc(Cl)ccc1O. The molecule has 7 nitrogen and oxygen atoms in total. The summed E-state index contributed by atoms with van der Waals surface area (Å²) in [6.45, 7) is 4.02. The van der Waals surface area contributed by atoms with Gasteiger partial charge in [-0.1, -0.05) is 35.9 Å². The van der Waals surface area contributed by atoms with Crippen molar-refractivity contribution in [3.8, 4) is 11.4 Å². The predicted octanol–water partition coefficient (Wildman–Crippen LogP) is 5.46. The van der Waals surface area contributed by atoms with Gasteiger partial charge in [-0.2, -0.15) is 0 Å². The average Bonchev–Trinajstić information content (AvgIpc) is 3.36. The Kier molecular flexibility index (Phi) is 6.86. The number of rotatable bonds is 6. The molecular formula is C28H26ClN5O2S. The number of benzene rings is 2. The van der Waals surface area contributed by atoms with Crippen LogP contribution in [0.1, 0.15) is 34.7 Å². The van der Waals surface area contributed by atoms with Crippen LogP contribution in [0.4, 0.5) is 5.69 Å². The molecule has 3 heterocycles. The fourth-order valence-electron chi connectivity index (χ4n) is 4.92. The molecule has 0 unspecified atom stereocenters. The average molecular weight is 532 g/mol. The Bertz CT molecular complexity index is 1460. The van der Waals surface area contributed by atoms with E-state index in [-0.39, 0.29) is 30.3 Å². The van der Waals surface area contributed by atoms with Crippen LogP contribution < -0.4 is 10.6 Å². The third kappa shape index (κ3) is 4.90. The number of thiocarbonyl (C=S) groups is 1. The van der Waals surface area contributed by atoms with Gasteiger partial charge in [-0.25, -0.2) is 0 Å². The molecule has 5 rings (SSSR count). The molecule has 9 heteroatoms. The largest absolute Gasteiger partial charge is 0.506 e. The van der Waals surface area contributed by atoms with Crippen molar-refractivity contribution in [2.45, 2.75) is 25.9 Å². The highest BCUT2D eigenvalue weighted by molar-refractivity contribution is 7.80. The van der Waals surface area contributed by atoms with E-state index in [2.05, 4.69) is 21.7 Å². The molecule has 0 aliphatic carbocycles. The molecule has 37 heavy (non-hydrogen) atoms. The number of para-hydroxylation sites is 1. The van der Waals surface area contributed by atoms with Crippen molar-refractivity contribution in [1.29, 1.82) is 0 Å². The molecule has 2 aromatic heterocycles. The summed E-state index contributed by atoms with van der Waals surface area (Å²) in [6.07, 6.45) is 1.75. The molecule has 1 aliphatic rings. The van der Waals surface area contributed by atoms with Gasteiger partial charge in [0.2, 0.25) is 5.91 Å². The second-order valence-corrected chi connectivity index (χ2v) is 9.79. The Morgan fingerprint density at radius 1 is 1.11 bits per heavy atom. The van der Waals surface area contributed by atoms with Gasteiger partial charge in [0.25, 0.3) is 0 Å². The van der Waals surface area contributed by atoms with Crippen molar-refractivity contribution in [1.82, 2.24) is 19.8 Å². The minimum Gasteiger partial charge on any atom is -0.506 e. The molecular weight excluding hydrogens is 506 g/mol. The first kappa shape index (κ1) is 24.8. The number of phenols is 1. The highest BCUT2D eigenvalue weighted by Gasteiger charge is 2.42. The number of hydrogen-bond donors (Lipinski definition) is 3. The van der Waals surface area contributed by atoms with Crippen LogP contribution >= 0.6 is 23.8 Å². The summed E-state index contributed by atoms with van der Waals surface area (Å²) in [5.74, 6) is -0.0542. The number of carbonyl (C=O) groups is 1. The number of amides is 1. The summed E-state index contributed by atoms with van der Waals surface area (Å²) in [5.41, 5.74) is 4.91. The molecule has 1 amide bonds. The molecule has 3 N–H and O–H groups in total. The lowest BCUT2D eigenvalue weighted by atomic mass is 9.96. The van der Waals surface area contributed by atoms with Crippen LogP contribution in [-0.2, 0) is 4.79 Å². The van der Waals surface area contributed by atoms with Crippen molar-refractivity contribution < 1.29 is 9.90 Å². The van der Waals surface area contributed by atoms with Crippen molar-refractivity contribution in [3.05, 3.63) is 107 Å². The molecule has 0 saturated carbocycles. The Hall–Kier alpha value is -3.88. The van der Waals surface area contributed by atoms with Gasteiger partial charge in [0.05, 0.1) is 23.5 Å². The zero-order chi connectivity index (χ0) is 26.1. The van der Waals surface area contributed by atoms with E-state index in [0.29, 0.717) is 15.8 Å². The number of pyridine rings is 1. The fourth-order valence-corrected chi connectivity index (χ4v) is 5.40. The number of aromatic hydroxyl groups is 1. The fraction of sp³-hybridized carbons (Fsp3) is 0.179. The smallest absolute Gasteiger partial charge is 0.244 e.